The summed E-state index contributed by atoms with van der Waals surface area (Å²) in [5.41, 5.74) is 1.37. The molecule has 0 aliphatic carbocycles. The molecule has 0 radical (unpaired) electrons. The summed E-state index contributed by atoms with van der Waals surface area (Å²) >= 11 is 0. The van der Waals surface area contributed by atoms with Gasteiger partial charge in [-0.15, -0.1) is 0 Å². The lowest BCUT2D eigenvalue weighted by atomic mass is 10.0. The summed E-state index contributed by atoms with van der Waals surface area (Å²) in [6.07, 6.45) is 0.968. The van der Waals surface area contributed by atoms with Gasteiger partial charge in [0.15, 0.2) is 0 Å². The molecule has 0 saturated carbocycles. The molecule has 1 rings (SSSR count). The molecule has 1 nitrogen and oxygen atoms in total. The van der Waals surface area contributed by atoms with Gasteiger partial charge in [0.2, 0.25) is 0 Å². The second kappa shape index (κ2) is 5.63. The van der Waals surface area contributed by atoms with E-state index in [0.717, 1.165) is 13.0 Å². The van der Waals surface area contributed by atoms with Gasteiger partial charge in [-0.25, -0.2) is 4.39 Å². The van der Waals surface area contributed by atoms with Gasteiger partial charge in [-0.2, -0.15) is 0 Å². The maximum atomic E-state index is 12.8. The van der Waals surface area contributed by atoms with Crippen molar-refractivity contribution in [1.82, 2.24) is 4.90 Å². The molecule has 0 N–H and O–H groups in total. The molecular formula is C15H24FN. The van der Waals surface area contributed by atoms with Crippen molar-refractivity contribution < 1.29 is 4.39 Å². The zero-order valence-corrected chi connectivity index (χ0v) is 11.6. The molecular weight excluding hydrogens is 213 g/mol. The summed E-state index contributed by atoms with van der Waals surface area (Å²) in [6.45, 7) is 12.1. The van der Waals surface area contributed by atoms with Crippen LogP contribution >= 0.6 is 0 Å². The lowest BCUT2D eigenvalue weighted by Crippen LogP contribution is -2.46. The molecule has 0 aliphatic rings. The minimum Gasteiger partial charge on any atom is -0.296 e. The van der Waals surface area contributed by atoms with Crippen molar-refractivity contribution in [2.45, 2.75) is 52.6 Å². The molecule has 1 aromatic carbocycles. The first kappa shape index (κ1) is 14.2. The molecule has 96 valence electrons. The molecule has 0 bridgehead atoms. The third-order valence-corrected chi connectivity index (χ3v) is 3.04. The van der Waals surface area contributed by atoms with Gasteiger partial charge in [-0.1, -0.05) is 12.1 Å². The number of hydrogen-bond donors (Lipinski definition) is 0. The Bertz CT molecular complexity index is 335. The lowest BCUT2D eigenvalue weighted by Gasteiger charge is -2.39. The van der Waals surface area contributed by atoms with Gasteiger partial charge in [-0.3, -0.25) is 4.90 Å². The molecule has 0 heterocycles. The molecule has 0 fully saturated rings. The first-order valence-electron chi connectivity index (χ1n) is 6.32. The van der Waals surface area contributed by atoms with E-state index in [1.54, 1.807) is 0 Å². The van der Waals surface area contributed by atoms with E-state index in [2.05, 4.69) is 39.5 Å². The summed E-state index contributed by atoms with van der Waals surface area (Å²) in [5, 5.41) is 0. The van der Waals surface area contributed by atoms with Gasteiger partial charge in [0.1, 0.15) is 5.82 Å². The van der Waals surface area contributed by atoms with E-state index in [1.807, 2.05) is 12.1 Å². The zero-order chi connectivity index (χ0) is 13.1. The van der Waals surface area contributed by atoms with Crippen molar-refractivity contribution in [3.63, 3.8) is 0 Å². The number of hydrogen-bond acceptors (Lipinski definition) is 1. The highest BCUT2D eigenvalue weighted by Crippen LogP contribution is 2.17. The monoisotopic (exact) mass is 237 g/mol. The Hall–Kier alpha value is -0.890. The van der Waals surface area contributed by atoms with E-state index in [0.29, 0.717) is 6.04 Å². The summed E-state index contributed by atoms with van der Waals surface area (Å²) in [4.78, 5) is 2.47. The van der Waals surface area contributed by atoms with Gasteiger partial charge in [-0.05, 0) is 58.7 Å². The first-order valence-corrected chi connectivity index (χ1v) is 6.32. The Labute approximate surface area is 105 Å². The van der Waals surface area contributed by atoms with Crippen LogP contribution in [0.15, 0.2) is 24.3 Å². The molecule has 0 aromatic heterocycles. The van der Waals surface area contributed by atoms with Crippen molar-refractivity contribution in [3.05, 3.63) is 35.6 Å². The quantitative estimate of drug-likeness (QED) is 0.768. The fraction of sp³-hybridized carbons (Fsp3) is 0.600. The number of halogens is 1. The van der Waals surface area contributed by atoms with Crippen LogP contribution in [-0.2, 0) is 6.42 Å². The van der Waals surface area contributed by atoms with Crippen molar-refractivity contribution in [2.24, 2.45) is 0 Å². The van der Waals surface area contributed by atoms with Crippen LogP contribution in [0.3, 0.4) is 0 Å². The lowest BCUT2D eigenvalue weighted by molar-refractivity contribution is 0.101. The largest absolute Gasteiger partial charge is 0.296 e. The van der Waals surface area contributed by atoms with E-state index >= 15 is 0 Å². The second-order valence-electron chi connectivity index (χ2n) is 5.83. The predicted octanol–water partition coefficient (Wildman–Crippen LogP) is 3.88. The second-order valence-corrected chi connectivity index (χ2v) is 5.83. The predicted molar refractivity (Wildman–Crippen MR) is 71.7 cm³/mol. The number of nitrogens with zero attached hydrogens (tertiary/aromatic N) is 1. The highest BCUT2D eigenvalue weighted by molar-refractivity contribution is 5.16. The van der Waals surface area contributed by atoms with Crippen molar-refractivity contribution in [2.75, 3.05) is 6.54 Å². The Morgan fingerprint density at radius 3 is 2.06 bits per heavy atom. The molecule has 0 saturated heterocycles. The van der Waals surface area contributed by atoms with E-state index < -0.39 is 0 Å². The van der Waals surface area contributed by atoms with Gasteiger partial charge in [0.05, 0.1) is 0 Å². The molecule has 0 aliphatic heterocycles. The smallest absolute Gasteiger partial charge is 0.123 e. The zero-order valence-electron chi connectivity index (χ0n) is 11.6. The van der Waals surface area contributed by atoms with Gasteiger partial charge < -0.3 is 0 Å². The van der Waals surface area contributed by atoms with E-state index in [9.17, 15) is 4.39 Å². The molecule has 0 amide bonds. The van der Waals surface area contributed by atoms with E-state index in [1.165, 1.54) is 17.7 Å². The molecule has 0 spiro atoms. The Morgan fingerprint density at radius 2 is 1.65 bits per heavy atom. The molecule has 2 heteroatoms. The van der Waals surface area contributed by atoms with Crippen LogP contribution in [0.1, 0.15) is 40.2 Å². The molecule has 0 unspecified atom stereocenters. The number of rotatable bonds is 4. The highest BCUT2D eigenvalue weighted by Gasteiger charge is 2.23. The van der Waals surface area contributed by atoms with Gasteiger partial charge in [0.25, 0.3) is 0 Å². The molecule has 1 aromatic rings. The minimum atomic E-state index is -0.162. The molecule has 0 atom stereocenters. The van der Waals surface area contributed by atoms with E-state index in [4.69, 9.17) is 0 Å². The Kier molecular flexibility index (Phi) is 4.70. The maximum absolute atomic E-state index is 12.8. The van der Waals surface area contributed by atoms with Crippen LogP contribution in [0.2, 0.25) is 0 Å². The summed E-state index contributed by atoms with van der Waals surface area (Å²) in [6, 6.07) is 7.33. The third kappa shape index (κ3) is 4.47. The summed E-state index contributed by atoms with van der Waals surface area (Å²) in [5.74, 6) is -0.162. The average molecular weight is 237 g/mol. The first-order chi connectivity index (χ1) is 7.80. The summed E-state index contributed by atoms with van der Waals surface area (Å²) in [7, 11) is 0. The number of benzene rings is 1. The van der Waals surface area contributed by atoms with Crippen molar-refractivity contribution >= 4 is 0 Å². The van der Waals surface area contributed by atoms with Crippen LogP contribution < -0.4 is 0 Å². The van der Waals surface area contributed by atoms with Crippen molar-refractivity contribution in [1.29, 1.82) is 0 Å². The standard InChI is InChI=1S/C15H24FN/c1-12(2)17(15(3,4)5)11-10-13-6-8-14(16)9-7-13/h6-9,12H,10-11H2,1-5H3. The normalized spacial score (nSPS) is 12.5. The van der Waals surface area contributed by atoms with Crippen LogP contribution in [0.4, 0.5) is 4.39 Å². The Balaban J connectivity index is 2.61. The topological polar surface area (TPSA) is 3.24 Å². The fourth-order valence-electron chi connectivity index (χ4n) is 2.27. The van der Waals surface area contributed by atoms with Crippen LogP contribution in [-0.4, -0.2) is 23.0 Å². The van der Waals surface area contributed by atoms with E-state index in [-0.39, 0.29) is 11.4 Å². The minimum absolute atomic E-state index is 0.162. The Morgan fingerprint density at radius 1 is 1.12 bits per heavy atom. The SMILES string of the molecule is CC(C)N(CCc1ccc(F)cc1)C(C)(C)C. The fourth-order valence-corrected chi connectivity index (χ4v) is 2.27. The van der Waals surface area contributed by atoms with Crippen LogP contribution in [0, 0.1) is 5.82 Å². The van der Waals surface area contributed by atoms with Crippen LogP contribution in [0.25, 0.3) is 0 Å². The highest BCUT2D eigenvalue weighted by atomic mass is 19.1. The van der Waals surface area contributed by atoms with Crippen LogP contribution in [0.5, 0.6) is 0 Å². The van der Waals surface area contributed by atoms with Crippen molar-refractivity contribution in [3.8, 4) is 0 Å². The third-order valence-electron chi connectivity index (χ3n) is 3.04. The maximum Gasteiger partial charge on any atom is 0.123 e. The van der Waals surface area contributed by atoms with Gasteiger partial charge >= 0.3 is 0 Å². The average Bonchev–Trinajstić information content (AvgIpc) is 2.18. The van der Waals surface area contributed by atoms with Gasteiger partial charge in [0, 0.05) is 18.1 Å². The molecule has 17 heavy (non-hydrogen) atoms. The summed E-state index contributed by atoms with van der Waals surface area (Å²) < 4.78 is 12.8.